The Hall–Kier alpha value is -2.48. The van der Waals surface area contributed by atoms with Gasteiger partial charge in [-0.25, -0.2) is 4.68 Å². The lowest BCUT2D eigenvalue weighted by Gasteiger charge is -2.09. The van der Waals surface area contributed by atoms with Crippen molar-refractivity contribution in [3.8, 4) is 17.6 Å². The zero-order valence-electron chi connectivity index (χ0n) is 11.0. The van der Waals surface area contributed by atoms with Crippen molar-refractivity contribution in [2.45, 2.75) is 26.4 Å². The fraction of sp³-hybridized carbons (Fsp3) is 0.286. The second kappa shape index (κ2) is 5.44. The van der Waals surface area contributed by atoms with E-state index in [1.54, 1.807) is 0 Å². The minimum Gasteiger partial charge on any atom is -0.473 e. The molecule has 0 amide bonds. The molecule has 1 aromatic heterocycles. The fourth-order valence-electron chi connectivity index (χ4n) is 1.64. The van der Waals surface area contributed by atoms with Crippen LogP contribution in [0.4, 0.5) is 5.82 Å². The normalized spacial score (nSPS) is 11.8. The van der Waals surface area contributed by atoms with Gasteiger partial charge in [-0.1, -0.05) is 25.1 Å². The van der Waals surface area contributed by atoms with E-state index in [1.807, 2.05) is 44.2 Å². The molecule has 0 aliphatic rings. The van der Waals surface area contributed by atoms with Crippen LogP contribution in [0.3, 0.4) is 0 Å². The van der Waals surface area contributed by atoms with E-state index in [0.717, 1.165) is 12.1 Å². The van der Waals surface area contributed by atoms with Gasteiger partial charge < -0.3 is 10.5 Å². The first-order valence-electron chi connectivity index (χ1n) is 6.18. The summed E-state index contributed by atoms with van der Waals surface area (Å²) in [6.07, 6.45) is 0.828. The van der Waals surface area contributed by atoms with Gasteiger partial charge in [0.15, 0.2) is 5.56 Å². The molecule has 98 valence electrons. The maximum absolute atomic E-state index is 9.18. The highest BCUT2D eigenvalue weighted by molar-refractivity contribution is 5.58. The second-order valence-corrected chi connectivity index (χ2v) is 4.26. The largest absolute Gasteiger partial charge is 0.473 e. The zero-order valence-corrected chi connectivity index (χ0v) is 11.0. The summed E-state index contributed by atoms with van der Waals surface area (Å²) in [6.45, 7) is 3.94. The van der Waals surface area contributed by atoms with Gasteiger partial charge in [0.05, 0.1) is 11.8 Å². The lowest BCUT2D eigenvalue weighted by atomic mass is 10.3. The van der Waals surface area contributed by atoms with E-state index >= 15 is 0 Å². The molecule has 1 atom stereocenters. The van der Waals surface area contributed by atoms with E-state index in [0.29, 0.717) is 11.7 Å². The third-order valence-corrected chi connectivity index (χ3v) is 2.89. The molecule has 0 bridgehead atoms. The first kappa shape index (κ1) is 13.0. The lowest BCUT2D eigenvalue weighted by Crippen LogP contribution is -2.11. The molecule has 0 saturated carbocycles. The van der Waals surface area contributed by atoms with Crippen LogP contribution in [0.5, 0.6) is 5.88 Å². The summed E-state index contributed by atoms with van der Waals surface area (Å²) >= 11 is 0. The number of nitriles is 1. The quantitative estimate of drug-likeness (QED) is 0.911. The molecule has 0 aliphatic heterocycles. The van der Waals surface area contributed by atoms with Crippen LogP contribution in [0.1, 0.15) is 25.8 Å². The molecule has 1 heterocycles. The van der Waals surface area contributed by atoms with Crippen molar-refractivity contribution in [2.75, 3.05) is 5.73 Å². The molecule has 19 heavy (non-hydrogen) atoms. The Morgan fingerprint density at radius 1 is 1.42 bits per heavy atom. The minimum atomic E-state index is -0.00868. The van der Waals surface area contributed by atoms with Gasteiger partial charge in [-0.3, -0.25) is 0 Å². The summed E-state index contributed by atoms with van der Waals surface area (Å²) in [5.41, 5.74) is 7.04. The van der Waals surface area contributed by atoms with E-state index in [9.17, 15) is 5.26 Å². The van der Waals surface area contributed by atoms with Crippen LogP contribution >= 0.6 is 0 Å². The van der Waals surface area contributed by atoms with Crippen molar-refractivity contribution in [3.05, 3.63) is 35.9 Å². The van der Waals surface area contributed by atoms with Crippen molar-refractivity contribution in [2.24, 2.45) is 0 Å². The van der Waals surface area contributed by atoms with Gasteiger partial charge >= 0.3 is 0 Å². The monoisotopic (exact) mass is 256 g/mol. The summed E-state index contributed by atoms with van der Waals surface area (Å²) in [5, 5.41) is 13.5. The van der Waals surface area contributed by atoms with E-state index in [2.05, 4.69) is 11.2 Å². The minimum absolute atomic E-state index is 0.00868. The van der Waals surface area contributed by atoms with E-state index < -0.39 is 0 Å². The Kier molecular flexibility index (Phi) is 3.71. The van der Waals surface area contributed by atoms with Crippen molar-refractivity contribution >= 4 is 5.82 Å². The number of nitrogen functional groups attached to an aromatic ring is 1. The van der Waals surface area contributed by atoms with E-state index in [-0.39, 0.29) is 11.7 Å². The summed E-state index contributed by atoms with van der Waals surface area (Å²) in [6, 6.07) is 11.5. The van der Waals surface area contributed by atoms with Crippen molar-refractivity contribution in [1.82, 2.24) is 9.78 Å². The number of hydrogen-bond acceptors (Lipinski definition) is 4. The van der Waals surface area contributed by atoms with Crippen LogP contribution < -0.4 is 10.5 Å². The number of rotatable bonds is 4. The predicted octanol–water partition coefficient (Wildman–Crippen LogP) is 2.50. The zero-order chi connectivity index (χ0) is 13.8. The number of nitrogens with zero attached hydrogens (tertiary/aromatic N) is 3. The molecular formula is C14H16N4O. The highest BCUT2D eigenvalue weighted by Gasteiger charge is 2.19. The summed E-state index contributed by atoms with van der Waals surface area (Å²) in [7, 11) is 0. The van der Waals surface area contributed by atoms with Crippen molar-refractivity contribution in [3.63, 3.8) is 0 Å². The maximum atomic E-state index is 9.18. The van der Waals surface area contributed by atoms with Crippen LogP contribution in [0, 0.1) is 11.3 Å². The molecule has 1 unspecified atom stereocenters. The molecular weight excluding hydrogens is 240 g/mol. The molecule has 0 spiro atoms. The predicted molar refractivity (Wildman–Crippen MR) is 73.1 cm³/mol. The molecule has 0 aliphatic carbocycles. The molecule has 0 radical (unpaired) electrons. The average Bonchev–Trinajstić information content (AvgIpc) is 2.75. The summed E-state index contributed by atoms with van der Waals surface area (Å²) < 4.78 is 7.16. The molecule has 0 saturated heterocycles. The molecule has 5 nitrogen and oxygen atoms in total. The summed E-state index contributed by atoms with van der Waals surface area (Å²) in [5.74, 6) is 0.588. The standard InChI is InChI=1S/C14H16N4O/c1-3-10(2)19-14-12(9-15)13(16)18(17-14)11-7-5-4-6-8-11/h4-8,10H,3,16H2,1-2H3. The van der Waals surface area contributed by atoms with Gasteiger partial charge in [0.1, 0.15) is 11.9 Å². The van der Waals surface area contributed by atoms with Gasteiger partial charge in [0, 0.05) is 0 Å². The van der Waals surface area contributed by atoms with Crippen LogP contribution in [-0.2, 0) is 0 Å². The number of anilines is 1. The van der Waals surface area contributed by atoms with Crippen LogP contribution in [0.2, 0.25) is 0 Å². The number of nitrogens with two attached hydrogens (primary N) is 1. The van der Waals surface area contributed by atoms with Crippen molar-refractivity contribution < 1.29 is 4.74 Å². The molecule has 2 rings (SSSR count). The third kappa shape index (κ3) is 2.52. The van der Waals surface area contributed by atoms with Gasteiger partial charge in [0.2, 0.25) is 0 Å². The van der Waals surface area contributed by atoms with E-state index in [4.69, 9.17) is 10.5 Å². The first-order valence-corrected chi connectivity index (χ1v) is 6.18. The molecule has 2 N–H and O–H groups in total. The lowest BCUT2D eigenvalue weighted by molar-refractivity contribution is 0.207. The molecule has 0 fully saturated rings. The summed E-state index contributed by atoms with van der Waals surface area (Å²) in [4.78, 5) is 0. The number of hydrogen-bond donors (Lipinski definition) is 1. The Labute approximate surface area is 112 Å². The highest BCUT2D eigenvalue weighted by Crippen LogP contribution is 2.26. The topological polar surface area (TPSA) is 76.9 Å². The smallest absolute Gasteiger partial charge is 0.253 e. The molecule has 1 aromatic carbocycles. The number of ether oxygens (including phenoxy) is 1. The van der Waals surface area contributed by atoms with Crippen LogP contribution in [0.15, 0.2) is 30.3 Å². The Morgan fingerprint density at radius 3 is 2.68 bits per heavy atom. The van der Waals surface area contributed by atoms with Gasteiger partial charge in [0.25, 0.3) is 5.88 Å². The first-order chi connectivity index (χ1) is 9.17. The Morgan fingerprint density at radius 2 is 2.11 bits per heavy atom. The number of para-hydroxylation sites is 1. The SMILES string of the molecule is CCC(C)Oc1nn(-c2ccccc2)c(N)c1C#N. The van der Waals surface area contributed by atoms with Crippen molar-refractivity contribution in [1.29, 1.82) is 5.26 Å². The van der Waals surface area contributed by atoms with Crippen LogP contribution in [-0.4, -0.2) is 15.9 Å². The van der Waals surface area contributed by atoms with Gasteiger partial charge in [-0.15, -0.1) is 5.10 Å². The van der Waals surface area contributed by atoms with Gasteiger partial charge in [-0.2, -0.15) is 5.26 Å². The number of aromatic nitrogens is 2. The Bertz CT molecular complexity index is 598. The third-order valence-electron chi connectivity index (χ3n) is 2.89. The molecule has 5 heteroatoms. The Balaban J connectivity index is 2.45. The second-order valence-electron chi connectivity index (χ2n) is 4.26. The van der Waals surface area contributed by atoms with Crippen LogP contribution in [0.25, 0.3) is 5.69 Å². The molecule has 2 aromatic rings. The average molecular weight is 256 g/mol. The fourth-order valence-corrected chi connectivity index (χ4v) is 1.64. The maximum Gasteiger partial charge on any atom is 0.253 e. The highest BCUT2D eigenvalue weighted by atomic mass is 16.5. The van der Waals surface area contributed by atoms with Gasteiger partial charge in [-0.05, 0) is 25.5 Å². The van der Waals surface area contributed by atoms with E-state index in [1.165, 1.54) is 4.68 Å². The number of benzene rings is 1.